The van der Waals surface area contributed by atoms with E-state index in [1.165, 1.54) is 0 Å². The Kier molecular flexibility index (Phi) is 2.05. The van der Waals surface area contributed by atoms with Crippen molar-refractivity contribution < 1.29 is 5.11 Å². The Morgan fingerprint density at radius 3 is 2.33 bits per heavy atom. The van der Waals surface area contributed by atoms with Crippen molar-refractivity contribution in [2.24, 2.45) is 0 Å². The van der Waals surface area contributed by atoms with Crippen LogP contribution in [0.3, 0.4) is 0 Å². The molecule has 2 unspecified atom stereocenters. The van der Waals surface area contributed by atoms with Gasteiger partial charge in [0.2, 0.25) is 0 Å². The zero-order valence-corrected chi connectivity index (χ0v) is 7.14. The number of phenols is 1. The van der Waals surface area contributed by atoms with Crippen LogP contribution in [-0.2, 0) is 0 Å². The van der Waals surface area contributed by atoms with Crippen molar-refractivity contribution in [1.29, 1.82) is 0 Å². The Hall–Kier alpha value is -0.120. The molecule has 0 fully saturated rings. The smallest absolute Gasteiger partial charge is 0.123 e. The molecule has 1 N–H and O–H groups in total. The fraction of sp³-hybridized carbons (Fsp3) is 0. The lowest BCUT2D eigenvalue weighted by molar-refractivity contribution is 0.480. The molecule has 1 nitrogen and oxygen atoms in total. The molecule has 0 heterocycles. The van der Waals surface area contributed by atoms with E-state index in [9.17, 15) is 0 Å². The Morgan fingerprint density at radius 1 is 1.22 bits per heavy atom. The molecule has 0 radical (unpaired) electrons. The van der Waals surface area contributed by atoms with Crippen LogP contribution in [0.2, 0.25) is 0 Å². The van der Waals surface area contributed by atoms with Crippen molar-refractivity contribution in [2.75, 3.05) is 0 Å². The van der Waals surface area contributed by atoms with Crippen molar-refractivity contribution in [1.82, 2.24) is 0 Å². The minimum Gasteiger partial charge on any atom is -0.507 e. The van der Waals surface area contributed by atoms with Crippen LogP contribution in [0.4, 0.5) is 0 Å². The van der Waals surface area contributed by atoms with E-state index < -0.39 is 0 Å². The van der Waals surface area contributed by atoms with Gasteiger partial charge in [-0.05, 0) is 11.4 Å². The van der Waals surface area contributed by atoms with E-state index in [1.807, 2.05) is 12.1 Å². The van der Waals surface area contributed by atoms with Crippen LogP contribution in [0.25, 0.3) is 0 Å². The van der Waals surface area contributed by atoms with E-state index in [1.54, 1.807) is 6.07 Å². The van der Waals surface area contributed by atoms with Gasteiger partial charge in [0, 0.05) is 5.30 Å². The molecule has 9 heavy (non-hydrogen) atoms. The molecule has 0 saturated carbocycles. The minimum atomic E-state index is 0.326. The Labute approximate surface area is 58.9 Å². The highest BCUT2D eigenvalue weighted by atomic mass is 31.0. The van der Waals surface area contributed by atoms with Crippen LogP contribution in [0, 0.1) is 0 Å². The van der Waals surface area contributed by atoms with Gasteiger partial charge in [-0.1, -0.05) is 12.1 Å². The van der Waals surface area contributed by atoms with Crippen LogP contribution in [0.15, 0.2) is 18.2 Å². The molecule has 0 amide bonds. The largest absolute Gasteiger partial charge is 0.507 e. The molecule has 1 aromatic carbocycles. The summed E-state index contributed by atoms with van der Waals surface area (Å²) in [5, 5.41) is 10.9. The maximum absolute atomic E-state index is 9.07. The first-order chi connectivity index (χ1) is 4.22. The van der Waals surface area contributed by atoms with Gasteiger partial charge in [0.1, 0.15) is 5.75 Å². The molecular weight excluding hydrogens is 150 g/mol. The zero-order chi connectivity index (χ0) is 6.85. The van der Waals surface area contributed by atoms with E-state index in [4.69, 9.17) is 5.11 Å². The fourth-order valence-electron chi connectivity index (χ4n) is 0.570. The van der Waals surface area contributed by atoms with Gasteiger partial charge >= 0.3 is 0 Å². The molecule has 0 aromatic heterocycles. The zero-order valence-electron chi connectivity index (χ0n) is 4.83. The fourth-order valence-corrected chi connectivity index (χ4v) is 1.02. The third-order valence-corrected chi connectivity index (χ3v) is 2.58. The molecule has 0 saturated heterocycles. The molecule has 48 valence electrons. The summed E-state index contributed by atoms with van der Waals surface area (Å²) in [7, 11) is 5.01. The molecule has 0 aliphatic heterocycles. The predicted molar refractivity (Wildman–Crippen MR) is 46.8 cm³/mol. The summed E-state index contributed by atoms with van der Waals surface area (Å²) >= 11 is 0. The normalized spacial score (nSPS) is 9.56. The highest BCUT2D eigenvalue weighted by Gasteiger charge is 1.95. The maximum Gasteiger partial charge on any atom is 0.123 e. The Bertz CT molecular complexity index is 202. The van der Waals surface area contributed by atoms with Crippen molar-refractivity contribution >= 4 is 29.1 Å². The van der Waals surface area contributed by atoms with Gasteiger partial charge in [-0.3, -0.25) is 0 Å². The van der Waals surface area contributed by atoms with Crippen molar-refractivity contribution in [2.45, 2.75) is 0 Å². The molecule has 0 spiro atoms. The first-order valence-corrected chi connectivity index (χ1v) is 3.70. The van der Waals surface area contributed by atoms with Gasteiger partial charge in [0.05, 0.1) is 0 Å². The van der Waals surface area contributed by atoms with E-state index in [-0.39, 0.29) is 0 Å². The summed E-state index contributed by atoms with van der Waals surface area (Å²) in [6.45, 7) is 0. The Balaban J connectivity index is 3.25. The number of rotatable bonds is 0. The monoisotopic (exact) mass is 158 g/mol. The molecule has 2 atom stereocenters. The van der Waals surface area contributed by atoms with Crippen LogP contribution < -0.4 is 10.6 Å². The average molecular weight is 158 g/mol. The van der Waals surface area contributed by atoms with Crippen molar-refractivity contribution in [3.8, 4) is 5.75 Å². The molecule has 1 aromatic rings. The molecule has 0 bridgehead atoms. The number of hydrogen-bond donors (Lipinski definition) is 1. The SMILES string of the molecule is Oc1cccc(P)c1P. The Morgan fingerprint density at radius 2 is 1.89 bits per heavy atom. The van der Waals surface area contributed by atoms with E-state index >= 15 is 0 Å². The summed E-state index contributed by atoms with van der Waals surface area (Å²) in [5.74, 6) is 0.326. The van der Waals surface area contributed by atoms with Crippen molar-refractivity contribution in [3.63, 3.8) is 0 Å². The molecular formula is C6H8OP2. The lowest BCUT2D eigenvalue weighted by Crippen LogP contribution is -2.09. The van der Waals surface area contributed by atoms with Gasteiger partial charge in [-0.15, -0.1) is 18.5 Å². The van der Waals surface area contributed by atoms with Crippen LogP contribution in [0.5, 0.6) is 5.75 Å². The number of hydrogen-bond acceptors (Lipinski definition) is 1. The summed E-state index contributed by atoms with van der Waals surface area (Å²) in [6.07, 6.45) is 0. The second-order valence-electron chi connectivity index (χ2n) is 1.78. The third-order valence-electron chi connectivity index (χ3n) is 1.12. The first-order valence-electron chi connectivity index (χ1n) is 2.54. The van der Waals surface area contributed by atoms with Crippen molar-refractivity contribution in [3.05, 3.63) is 18.2 Å². The number of benzene rings is 1. The van der Waals surface area contributed by atoms with E-state index in [0.717, 1.165) is 10.6 Å². The lowest BCUT2D eigenvalue weighted by Gasteiger charge is -1.99. The van der Waals surface area contributed by atoms with Crippen LogP contribution in [-0.4, -0.2) is 5.11 Å². The van der Waals surface area contributed by atoms with Gasteiger partial charge < -0.3 is 5.11 Å². The molecule has 3 heteroatoms. The molecule has 0 aliphatic carbocycles. The third kappa shape index (κ3) is 1.41. The van der Waals surface area contributed by atoms with Crippen LogP contribution in [0.1, 0.15) is 0 Å². The second-order valence-corrected chi connectivity index (χ2v) is 2.98. The molecule has 1 rings (SSSR count). The summed E-state index contributed by atoms with van der Waals surface area (Å²) in [4.78, 5) is 0. The highest BCUT2D eigenvalue weighted by molar-refractivity contribution is 7.36. The summed E-state index contributed by atoms with van der Waals surface area (Å²) in [6, 6.07) is 5.40. The second kappa shape index (κ2) is 2.64. The maximum atomic E-state index is 9.07. The lowest BCUT2D eigenvalue weighted by atomic mass is 10.3. The topological polar surface area (TPSA) is 20.2 Å². The van der Waals surface area contributed by atoms with Crippen LogP contribution >= 0.6 is 18.5 Å². The van der Waals surface area contributed by atoms with Gasteiger partial charge in [-0.2, -0.15) is 0 Å². The van der Waals surface area contributed by atoms with E-state index in [2.05, 4.69) is 18.5 Å². The predicted octanol–water partition coefficient (Wildman–Crippen LogP) is 0.393. The van der Waals surface area contributed by atoms with E-state index in [0.29, 0.717) is 5.75 Å². The molecule has 0 aliphatic rings. The van der Waals surface area contributed by atoms with Gasteiger partial charge in [0.25, 0.3) is 0 Å². The van der Waals surface area contributed by atoms with Gasteiger partial charge in [0.15, 0.2) is 0 Å². The summed E-state index contributed by atoms with van der Waals surface area (Å²) in [5.41, 5.74) is 0. The average Bonchev–Trinajstić information content (AvgIpc) is 1.83. The standard InChI is InChI=1S/C6H8OP2/c7-4-2-1-3-5(8)6(4)9/h1-3,7H,8-9H2. The van der Waals surface area contributed by atoms with Gasteiger partial charge in [-0.25, -0.2) is 0 Å². The summed E-state index contributed by atoms with van der Waals surface area (Å²) < 4.78 is 0. The highest BCUT2D eigenvalue weighted by Crippen LogP contribution is 2.06. The quantitative estimate of drug-likeness (QED) is 0.541. The minimum absolute atomic E-state index is 0.326. The number of aromatic hydroxyl groups is 1. The first kappa shape index (κ1) is 6.99. The number of phenolic OH excluding ortho intramolecular Hbond substituents is 1.